The van der Waals surface area contributed by atoms with E-state index < -0.39 is 5.91 Å². The Bertz CT molecular complexity index is 675. The van der Waals surface area contributed by atoms with Crippen LogP contribution in [0.1, 0.15) is 18.2 Å². The molecule has 0 spiro atoms. The van der Waals surface area contributed by atoms with Gasteiger partial charge in [0.25, 0.3) is 5.91 Å². The summed E-state index contributed by atoms with van der Waals surface area (Å²) in [6, 6.07) is 9.29. The van der Waals surface area contributed by atoms with Crippen LogP contribution in [0, 0.1) is 11.3 Å². The van der Waals surface area contributed by atoms with Crippen molar-refractivity contribution in [2.75, 3.05) is 0 Å². The number of nitrogens with two attached hydrogens (primary N) is 1. The lowest BCUT2D eigenvalue weighted by Crippen LogP contribution is -2.12. The van der Waals surface area contributed by atoms with Crippen molar-refractivity contribution in [1.29, 1.82) is 5.26 Å². The van der Waals surface area contributed by atoms with Crippen molar-refractivity contribution in [1.82, 2.24) is 0 Å². The molecule has 0 saturated heterocycles. The molecule has 0 unspecified atom stereocenters. The van der Waals surface area contributed by atoms with Crippen LogP contribution in [0.4, 0.5) is 0 Å². The van der Waals surface area contributed by atoms with Crippen LogP contribution in [0.5, 0.6) is 0 Å². The number of benzene rings is 1. The van der Waals surface area contributed by atoms with Gasteiger partial charge in [0.1, 0.15) is 23.0 Å². The number of aryl methyl sites for hydroxylation is 1. The Morgan fingerprint density at radius 2 is 2.22 bits per heavy atom. The van der Waals surface area contributed by atoms with Crippen molar-refractivity contribution in [3.8, 4) is 6.07 Å². The second-order valence-electron chi connectivity index (χ2n) is 3.82. The molecular weight excluding hydrogens is 228 g/mol. The lowest BCUT2D eigenvalue weighted by molar-refractivity contribution is -0.114. The third-order valence-corrected chi connectivity index (χ3v) is 2.71. The highest BCUT2D eigenvalue weighted by molar-refractivity contribution is 6.03. The van der Waals surface area contributed by atoms with Gasteiger partial charge in [0.05, 0.1) is 0 Å². The average molecular weight is 240 g/mol. The fraction of sp³-hybridized carbons (Fsp3) is 0.143. The van der Waals surface area contributed by atoms with E-state index in [9.17, 15) is 4.79 Å². The van der Waals surface area contributed by atoms with E-state index in [1.807, 2.05) is 31.2 Å². The number of para-hydroxylation sites is 1. The van der Waals surface area contributed by atoms with Crippen LogP contribution in [-0.2, 0) is 11.2 Å². The van der Waals surface area contributed by atoms with Crippen LogP contribution < -0.4 is 5.73 Å². The molecule has 2 aromatic rings. The van der Waals surface area contributed by atoms with Crippen molar-refractivity contribution in [3.63, 3.8) is 0 Å². The summed E-state index contributed by atoms with van der Waals surface area (Å²) < 4.78 is 5.67. The standard InChI is InChI=1S/C14H12N2O2/c1-2-12-11(7-9(8-15)14(16)17)10-5-3-4-6-13(10)18-12/h3-7H,2H2,1H3,(H2,16,17). The molecule has 1 amide bonds. The Morgan fingerprint density at radius 3 is 2.83 bits per heavy atom. The maximum absolute atomic E-state index is 11.1. The maximum Gasteiger partial charge on any atom is 0.259 e. The van der Waals surface area contributed by atoms with E-state index in [2.05, 4.69) is 0 Å². The molecule has 2 N–H and O–H groups in total. The summed E-state index contributed by atoms with van der Waals surface area (Å²) in [6.45, 7) is 1.95. The van der Waals surface area contributed by atoms with E-state index in [-0.39, 0.29) is 5.57 Å². The van der Waals surface area contributed by atoms with E-state index in [0.717, 1.165) is 22.3 Å². The van der Waals surface area contributed by atoms with Crippen molar-refractivity contribution in [3.05, 3.63) is 41.2 Å². The minimum atomic E-state index is -0.732. The number of rotatable bonds is 3. The van der Waals surface area contributed by atoms with Gasteiger partial charge < -0.3 is 10.2 Å². The molecule has 1 heterocycles. The Kier molecular flexibility index (Phi) is 3.16. The van der Waals surface area contributed by atoms with Crippen LogP contribution in [0.25, 0.3) is 17.0 Å². The predicted octanol–water partition coefficient (Wildman–Crippen LogP) is 2.39. The SMILES string of the molecule is CCc1oc2ccccc2c1C=C(C#N)C(N)=O. The van der Waals surface area contributed by atoms with Gasteiger partial charge in [-0.1, -0.05) is 25.1 Å². The molecule has 18 heavy (non-hydrogen) atoms. The lowest BCUT2D eigenvalue weighted by atomic mass is 10.1. The molecule has 4 nitrogen and oxygen atoms in total. The Balaban J connectivity index is 2.70. The Labute approximate surface area is 104 Å². The van der Waals surface area contributed by atoms with Crippen molar-refractivity contribution < 1.29 is 9.21 Å². The zero-order valence-electron chi connectivity index (χ0n) is 9.93. The highest BCUT2D eigenvalue weighted by Crippen LogP contribution is 2.28. The molecule has 0 fully saturated rings. The second kappa shape index (κ2) is 4.76. The number of nitriles is 1. The van der Waals surface area contributed by atoms with Crippen LogP contribution in [-0.4, -0.2) is 5.91 Å². The van der Waals surface area contributed by atoms with E-state index in [1.54, 1.807) is 6.07 Å². The fourth-order valence-corrected chi connectivity index (χ4v) is 1.84. The molecule has 2 rings (SSSR count). The average Bonchev–Trinajstić information content (AvgIpc) is 2.73. The molecular formula is C14H12N2O2. The highest BCUT2D eigenvalue weighted by atomic mass is 16.3. The predicted molar refractivity (Wildman–Crippen MR) is 68.4 cm³/mol. The van der Waals surface area contributed by atoms with E-state index >= 15 is 0 Å². The number of hydrogen-bond acceptors (Lipinski definition) is 3. The lowest BCUT2D eigenvalue weighted by Gasteiger charge is -1.95. The van der Waals surface area contributed by atoms with Gasteiger partial charge in [0.15, 0.2) is 0 Å². The number of carbonyl (C=O) groups excluding carboxylic acids is 1. The van der Waals surface area contributed by atoms with Crippen LogP contribution in [0.2, 0.25) is 0 Å². The number of amides is 1. The van der Waals surface area contributed by atoms with Crippen molar-refractivity contribution in [2.24, 2.45) is 5.73 Å². The van der Waals surface area contributed by atoms with E-state index in [1.165, 1.54) is 6.08 Å². The zero-order chi connectivity index (χ0) is 13.1. The maximum atomic E-state index is 11.1. The van der Waals surface area contributed by atoms with Crippen LogP contribution in [0.3, 0.4) is 0 Å². The smallest absolute Gasteiger partial charge is 0.259 e. The van der Waals surface area contributed by atoms with Gasteiger partial charge in [-0.2, -0.15) is 5.26 Å². The van der Waals surface area contributed by atoms with Gasteiger partial charge in [-0.3, -0.25) is 4.79 Å². The number of carbonyl (C=O) groups is 1. The van der Waals surface area contributed by atoms with Gasteiger partial charge in [-0.15, -0.1) is 0 Å². The van der Waals surface area contributed by atoms with E-state index in [0.29, 0.717) is 6.42 Å². The summed E-state index contributed by atoms with van der Waals surface area (Å²) in [5.74, 6) is 0.00929. The quantitative estimate of drug-likeness (QED) is 0.660. The first-order valence-electron chi connectivity index (χ1n) is 5.59. The first kappa shape index (κ1) is 11.9. The largest absolute Gasteiger partial charge is 0.460 e. The molecule has 0 radical (unpaired) electrons. The van der Waals surface area contributed by atoms with Gasteiger partial charge in [-0.25, -0.2) is 0 Å². The summed E-state index contributed by atoms with van der Waals surface area (Å²) in [7, 11) is 0. The third kappa shape index (κ3) is 1.98. The Morgan fingerprint density at radius 1 is 1.50 bits per heavy atom. The molecule has 0 atom stereocenters. The topological polar surface area (TPSA) is 80.0 Å². The molecule has 1 aromatic heterocycles. The number of hydrogen-bond donors (Lipinski definition) is 1. The number of furan rings is 1. The van der Waals surface area contributed by atoms with Gasteiger partial charge in [0.2, 0.25) is 0 Å². The van der Waals surface area contributed by atoms with Crippen LogP contribution >= 0.6 is 0 Å². The molecule has 0 saturated carbocycles. The summed E-state index contributed by atoms with van der Waals surface area (Å²) in [5, 5.41) is 9.76. The summed E-state index contributed by atoms with van der Waals surface area (Å²) in [5.41, 5.74) is 6.56. The first-order chi connectivity index (χ1) is 8.67. The molecule has 0 aliphatic carbocycles. The minimum absolute atomic E-state index is 0.0729. The normalized spacial score (nSPS) is 11.4. The van der Waals surface area contributed by atoms with Gasteiger partial charge in [0, 0.05) is 17.4 Å². The van der Waals surface area contributed by atoms with E-state index in [4.69, 9.17) is 15.4 Å². The van der Waals surface area contributed by atoms with Crippen molar-refractivity contribution >= 4 is 23.0 Å². The summed E-state index contributed by atoms with van der Waals surface area (Å²) in [6.07, 6.45) is 2.17. The number of nitrogens with zero attached hydrogens (tertiary/aromatic N) is 1. The third-order valence-electron chi connectivity index (χ3n) is 2.71. The number of fused-ring (bicyclic) bond motifs is 1. The summed E-state index contributed by atoms with van der Waals surface area (Å²) in [4.78, 5) is 11.1. The zero-order valence-corrected chi connectivity index (χ0v) is 9.93. The second-order valence-corrected chi connectivity index (χ2v) is 3.82. The molecule has 4 heteroatoms. The molecule has 0 bridgehead atoms. The monoisotopic (exact) mass is 240 g/mol. The van der Waals surface area contributed by atoms with Gasteiger partial charge in [-0.05, 0) is 12.1 Å². The molecule has 90 valence electrons. The van der Waals surface area contributed by atoms with Crippen molar-refractivity contribution in [2.45, 2.75) is 13.3 Å². The minimum Gasteiger partial charge on any atom is -0.460 e. The molecule has 0 aliphatic heterocycles. The van der Waals surface area contributed by atoms with Gasteiger partial charge >= 0.3 is 0 Å². The van der Waals surface area contributed by atoms with Crippen LogP contribution in [0.15, 0.2) is 34.3 Å². The Hall–Kier alpha value is -2.54. The first-order valence-corrected chi connectivity index (χ1v) is 5.59. The molecule has 1 aromatic carbocycles. The number of primary amides is 1. The highest BCUT2D eigenvalue weighted by Gasteiger charge is 2.13. The fourth-order valence-electron chi connectivity index (χ4n) is 1.84. The summed E-state index contributed by atoms with van der Waals surface area (Å²) >= 11 is 0. The molecule has 0 aliphatic rings.